The van der Waals surface area contributed by atoms with E-state index in [4.69, 9.17) is 4.74 Å². The minimum absolute atomic E-state index is 0.187. The number of hydrogen-bond donors (Lipinski definition) is 2. The zero-order valence-electron chi connectivity index (χ0n) is 13.4. The second-order valence-corrected chi connectivity index (χ2v) is 5.90. The summed E-state index contributed by atoms with van der Waals surface area (Å²) < 4.78 is 5.28. The Morgan fingerprint density at radius 2 is 2.29 bits per heavy atom. The molecule has 0 spiro atoms. The summed E-state index contributed by atoms with van der Waals surface area (Å²) in [5.41, 5.74) is 0.944. The molecule has 2 rings (SSSR count). The van der Waals surface area contributed by atoms with Crippen molar-refractivity contribution in [1.82, 2.24) is 10.2 Å². The van der Waals surface area contributed by atoms with Crippen LogP contribution in [0.25, 0.3) is 0 Å². The summed E-state index contributed by atoms with van der Waals surface area (Å²) in [7, 11) is 1.66. The Morgan fingerprint density at radius 1 is 1.48 bits per heavy atom. The topological polar surface area (TPSA) is 44.7 Å². The number of aromatic hydroxyl groups is 1. The van der Waals surface area contributed by atoms with Gasteiger partial charge in [0.25, 0.3) is 0 Å². The first-order valence-electron chi connectivity index (χ1n) is 7.97. The van der Waals surface area contributed by atoms with E-state index in [-0.39, 0.29) is 6.04 Å². The van der Waals surface area contributed by atoms with E-state index in [2.05, 4.69) is 24.1 Å². The maximum absolute atomic E-state index is 10.2. The maximum atomic E-state index is 10.2. The molecule has 1 aromatic rings. The van der Waals surface area contributed by atoms with E-state index in [1.807, 2.05) is 6.07 Å². The molecule has 0 amide bonds. The van der Waals surface area contributed by atoms with E-state index in [1.165, 1.54) is 12.8 Å². The summed E-state index contributed by atoms with van der Waals surface area (Å²) in [6.45, 7) is 8.65. The molecule has 1 aliphatic heterocycles. The van der Waals surface area contributed by atoms with Gasteiger partial charge < -0.3 is 15.2 Å². The number of nitrogens with one attached hydrogen (secondary N) is 1. The second kappa shape index (κ2) is 7.66. The van der Waals surface area contributed by atoms with Crippen LogP contribution in [0.2, 0.25) is 0 Å². The highest BCUT2D eigenvalue weighted by atomic mass is 16.5. The van der Waals surface area contributed by atoms with Crippen molar-refractivity contribution in [1.29, 1.82) is 0 Å². The summed E-state index contributed by atoms with van der Waals surface area (Å²) in [4.78, 5) is 2.44. The number of benzene rings is 1. The molecule has 0 aromatic heterocycles. The number of hydrogen-bond acceptors (Lipinski definition) is 4. The Morgan fingerprint density at radius 3 is 2.90 bits per heavy atom. The number of nitrogens with zero attached hydrogens (tertiary/aromatic N) is 1. The quantitative estimate of drug-likeness (QED) is 0.846. The average Bonchev–Trinajstić information content (AvgIpc) is 2.53. The Kier molecular flexibility index (Phi) is 5.88. The molecule has 0 saturated carbocycles. The highest BCUT2D eigenvalue weighted by Crippen LogP contribution is 2.32. The van der Waals surface area contributed by atoms with Gasteiger partial charge in [0.15, 0.2) is 0 Å². The molecule has 1 heterocycles. The summed E-state index contributed by atoms with van der Waals surface area (Å²) in [5.74, 6) is 1.85. The molecule has 2 atom stereocenters. The molecule has 4 heteroatoms. The van der Waals surface area contributed by atoms with Crippen molar-refractivity contribution in [2.75, 3.05) is 33.3 Å². The van der Waals surface area contributed by atoms with Crippen LogP contribution in [0.5, 0.6) is 11.5 Å². The molecule has 1 aromatic carbocycles. The highest BCUT2D eigenvalue weighted by molar-refractivity contribution is 5.41. The van der Waals surface area contributed by atoms with Crippen molar-refractivity contribution < 1.29 is 9.84 Å². The normalized spacial score (nSPS) is 20.5. The lowest BCUT2D eigenvalue weighted by atomic mass is 9.97. The van der Waals surface area contributed by atoms with Crippen LogP contribution in [0.1, 0.15) is 38.3 Å². The van der Waals surface area contributed by atoms with Gasteiger partial charge in [-0.25, -0.2) is 0 Å². The number of phenolic OH excluding ortho intramolecular Hbond substituents is 1. The minimum Gasteiger partial charge on any atom is -0.508 e. The molecule has 1 aliphatic rings. The van der Waals surface area contributed by atoms with Crippen molar-refractivity contribution in [2.45, 2.75) is 32.7 Å². The third kappa shape index (κ3) is 4.11. The molecular weight excluding hydrogens is 264 g/mol. The zero-order valence-corrected chi connectivity index (χ0v) is 13.4. The zero-order chi connectivity index (χ0) is 15.2. The Labute approximate surface area is 128 Å². The smallest absolute Gasteiger partial charge is 0.120 e. The summed E-state index contributed by atoms with van der Waals surface area (Å²) in [6, 6.07) is 5.65. The fourth-order valence-electron chi connectivity index (χ4n) is 3.16. The molecule has 2 N–H and O–H groups in total. The number of methoxy groups -OCH3 is 1. The first kappa shape index (κ1) is 16.1. The third-order valence-electron chi connectivity index (χ3n) is 4.53. The monoisotopic (exact) mass is 292 g/mol. The predicted octanol–water partition coefficient (Wildman–Crippen LogP) is 2.78. The highest BCUT2D eigenvalue weighted by Gasteiger charge is 2.22. The van der Waals surface area contributed by atoms with Crippen LogP contribution in [-0.2, 0) is 0 Å². The fourth-order valence-corrected chi connectivity index (χ4v) is 3.16. The largest absolute Gasteiger partial charge is 0.508 e. The Balaban J connectivity index is 2.09. The van der Waals surface area contributed by atoms with Crippen molar-refractivity contribution in [3.63, 3.8) is 0 Å². The Hall–Kier alpha value is -1.26. The van der Waals surface area contributed by atoms with Gasteiger partial charge in [-0.1, -0.05) is 6.92 Å². The van der Waals surface area contributed by atoms with E-state index in [9.17, 15) is 5.11 Å². The van der Waals surface area contributed by atoms with Gasteiger partial charge in [0.2, 0.25) is 0 Å². The first-order valence-corrected chi connectivity index (χ1v) is 7.97. The van der Waals surface area contributed by atoms with E-state index in [0.717, 1.165) is 37.5 Å². The fraction of sp³-hybridized carbons (Fsp3) is 0.647. The van der Waals surface area contributed by atoms with Gasteiger partial charge in [-0.2, -0.15) is 0 Å². The summed E-state index contributed by atoms with van der Waals surface area (Å²) in [5, 5.41) is 13.6. The molecule has 4 nitrogen and oxygen atoms in total. The number of piperidine rings is 1. The van der Waals surface area contributed by atoms with Crippen LogP contribution in [-0.4, -0.2) is 43.3 Å². The standard InChI is InChI=1S/C17H28N2O2/c1-4-19(12-14-6-5-9-18-11-14)13(2)16-10-15(21-3)7-8-17(16)20/h7-8,10,13-14,18,20H,4-6,9,11-12H2,1-3H3. The SMILES string of the molecule is CCN(CC1CCCNC1)C(C)c1cc(OC)ccc1O. The van der Waals surface area contributed by atoms with Crippen LogP contribution in [0.3, 0.4) is 0 Å². The van der Waals surface area contributed by atoms with Gasteiger partial charge in [-0.05, 0) is 63.5 Å². The molecule has 1 fully saturated rings. The Bertz CT molecular complexity index is 444. The van der Waals surface area contributed by atoms with Crippen molar-refractivity contribution >= 4 is 0 Å². The lowest BCUT2D eigenvalue weighted by Gasteiger charge is -2.34. The summed E-state index contributed by atoms with van der Waals surface area (Å²) >= 11 is 0. The third-order valence-corrected chi connectivity index (χ3v) is 4.53. The van der Waals surface area contributed by atoms with E-state index < -0.39 is 0 Å². The predicted molar refractivity (Wildman–Crippen MR) is 85.9 cm³/mol. The van der Waals surface area contributed by atoms with Gasteiger partial charge in [-0.3, -0.25) is 4.90 Å². The molecule has 21 heavy (non-hydrogen) atoms. The van der Waals surface area contributed by atoms with E-state index in [0.29, 0.717) is 11.7 Å². The lowest BCUT2D eigenvalue weighted by molar-refractivity contribution is 0.168. The molecular formula is C17H28N2O2. The average molecular weight is 292 g/mol. The van der Waals surface area contributed by atoms with Crippen LogP contribution < -0.4 is 10.1 Å². The molecule has 2 unspecified atom stereocenters. The number of rotatable bonds is 6. The first-order chi connectivity index (χ1) is 10.2. The van der Waals surface area contributed by atoms with Crippen molar-refractivity contribution in [3.8, 4) is 11.5 Å². The molecule has 0 bridgehead atoms. The van der Waals surface area contributed by atoms with Crippen LogP contribution in [0, 0.1) is 5.92 Å². The lowest BCUT2D eigenvalue weighted by Crippen LogP contribution is -2.39. The van der Waals surface area contributed by atoms with Crippen molar-refractivity contribution in [2.24, 2.45) is 5.92 Å². The molecule has 0 radical (unpaired) electrons. The van der Waals surface area contributed by atoms with Crippen molar-refractivity contribution in [3.05, 3.63) is 23.8 Å². The minimum atomic E-state index is 0.187. The van der Waals surface area contributed by atoms with Gasteiger partial charge in [0.1, 0.15) is 11.5 Å². The molecule has 118 valence electrons. The number of phenols is 1. The molecule has 0 aliphatic carbocycles. The molecule has 1 saturated heterocycles. The maximum Gasteiger partial charge on any atom is 0.120 e. The van der Waals surface area contributed by atoms with Crippen LogP contribution >= 0.6 is 0 Å². The van der Waals surface area contributed by atoms with Gasteiger partial charge >= 0.3 is 0 Å². The van der Waals surface area contributed by atoms with Gasteiger partial charge in [0.05, 0.1) is 7.11 Å². The number of ether oxygens (including phenoxy) is 1. The van der Waals surface area contributed by atoms with Crippen LogP contribution in [0.15, 0.2) is 18.2 Å². The summed E-state index contributed by atoms with van der Waals surface area (Å²) in [6.07, 6.45) is 2.56. The van der Waals surface area contributed by atoms with Crippen LogP contribution in [0.4, 0.5) is 0 Å². The van der Waals surface area contributed by atoms with E-state index >= 15 is 0 Å². The van der Waals surface area contributed by atoms with Gasteiger partial charge in [-0.15, -0.1) is 0 Å². The van der Waals surface area contributed by atoms with E-state index in [1.54, 1.807) is 19.2 Å². The second-order valence-electron chi connectivity index (χ2n) is 5.90. The van der Waals surface area contributed by atoms with Gasteiger partial charge in [0, 0.05) is 18.2 Å².